The van der Waals surface area contributed by atoms with Crippen LogP contribution >= 0.6 is 11.6 Å². The number of hydrogen-bond acceptors (Lipinski definition) is 5. The molecule has 28 heavy (non-hydrogen) atoms. The average Bonchev–Trinajstić information content (AvgIpc) is 3.21. The number of hydrogen-bond donors (Lipinski definition) is 2. The van der Waals surface area contributed by atoms with Crippen molar-refractivity contribution in [3.8, 4) is 5.75 Å². The van der Waals surface area contributed by atoms with Crippen LogP contribution in [0.4, 0.5) is 5.69 Å². The zero-order valence-corrected chi connectivity index (χ0v) is 15.8. The van der Waals surface area contributed by atoms with Crippen LogP contribution in [-0.4, -0.2) is 30.3 Å². The number of fused-ring (bicyclic) bond motifs is 1. The van der Waals surface area contributed by atoms with E-state index in [1.165, 1.54) is 12.1 Å². The molecule has 1 aromatic heterocycles. The average molecular weight is 399 g/mol. The number of phenolic OH excluding ortho intramolecular Hbond substituents is 1. The fraction of sp³-hybridized carbons (Fsp3) is 0.238. The minimum absolute atomic E-state index is 0.0299. The zero-order chi connectivity index (χ0) is 19.5. The number of aromatic hydroxyl groups is 1. The van der Waals surface area contributed by atoms with Crippen LogP contribution in [0, 0.1) is 0 Å². The SMILES string of the molecule is O=C(NC[C@H]1CCCO1)c1cc2ccc(O)cc2oc1=Nc1ccccc1Cl. The van der Waals surface area contributed by atoms with Gasteiger partial charge in [0.1, 0.15) is 16.9 Å². The van der Waals surface area contributed by atoms with Gasteiger partial charge in [0.15, 0.2) is 0 Å². The van der Waals surface area contributed by atoms with Gasteiger partial charge in [0.2, 0.25) is 5.55 Å². The number of phenols is 1. The number of nitrogens with zero attached hydrogens (tertiary/aromatic N) is 1. The van der Waals surface area contributed by atoms with E-state index in [4.69, 9.17) is 20.8 Å². The van der Waals surface area contributed by atoms with Crippen molar-refractivity contribution in [2.75, 3.05) is 13.2 Å². The van der Waals surface area contributed by atoms with Gasteiger partial charge in [-0.2, -0.15) is 0 Å². The first-order chi connectivity index (χ1) is 13.6. The van der Waals surface area contributed by atoms with E-state index in [0.29, 0.717) is 28.2 Å². The molecule has 2 N–H and O–H groups in total. The van der Waals surface area contributed by atoms with E-state index in [2.05, 4.69) is 10.3 Å². The summed E-state index contributed by atoms with van der Waals surface area (Å²) in [4.78, 5) is 17.3. The van der Waals surface area contributed by atoms with Crippen molar-refractivity contribution in [2.45, 2.75) is 18.9 Å². The van der Waals surface area contributed by atoms with E-state index in [-0.39, 0.29) is 28.9 Å². The summed E-state index contributed by atoms with van der Waals surface area (Å²) in [5, 5.41) is 13.7. The van der Waals surface area contributed by atoms with Crippen molar-refractivity contribution in [3.63, 3.8) is 0 Å². The summed E-state index contributed by atoms with van der Waals surface area (Å²) in [5.41, 5.74) is 1.31. The predicted molar refractivity (Wildman–Crippen MR) is 106 cm³/mol. The van der Waals surface area contributed by atoms with Gasteiger partial charge in [-0.1, -0.05) is 23.7 Å². The summed E-state index contributed by atoms with van der Waals surface area (Å²) in [6.45, 7) is 1.15. The molecular weight excluding hydrogens is 380 g/mol. The molecule has 0 spiro atoms. The molecule has 1 aliphatic heterocycles. The normalized spacial score (nSPS) is 17.2. The Hall–Kier alpha value is -2.83. The highest BCUT2D eigenvalue weighted by Crippen LogP contribution is 2.24. The summed E-state index contributed by atoms with van der Waals surface area (Å²) in [7, 11) is 0. The van der Waals surface area contributed by atoms with Gasteiger partial charge in [0.25, 0.3) is 5.91 Å². The van der Waals surface area contributed by atoms with Crippen LogP contribution in [0.1, 0.15) is 23.2 Å². The second-order valence-corrected chi connectivity index (χ2v) is 7.00. The maximum atomic E-state index is 12.8. The second kappa shape index (κ2) is 8.04. The third-order valence-electron chi connectivity index (χ3n) is 4.57. The Kier molecular flexibility index (Phi) is 5.32. The van der Waals surface area contributed by atoms with Crippen LogP contribution in [0.25, 0.3) is 11.0 Å². The highest BCUT2D eigenvalue weighted by atomic mass is 35.5. The third kappa shape index (κ3) is 4.03. The first kappa shape index (κ1) is 18.5. The number of nitrogens with one attached hydrogen (secondary N) is 1. The van der Waals surface area contributed by atoms with Crippen molar-refractivity contribution < 1.29 is 19.1 Å². The van der Waals surface area contributed by atoms with Gasteiger partial charge in [-0.3, -0.25) is 4.79 Å². The van der Waals surface area contributed by atoms with Crippen LogP contribution in [0.3, 0.4) is 0 Å². The molecule has 0 saturated carbocycles. The van der Waals surface area contributed by atoms with E-state index in [0.717, 1.165) is 19.4 Å². The van der Waals surface area contributed by atoms with Crippen molar-refractivity contribution >= 4 is 34.2 Å². The molecule has 1 amide bonds. The zero-order valence-electron chi connectivity index (χ0n) is 15.0. The predicted octanol–water partition coefficient (Wildman–Crippen LogP) is 3.93. The number of carbonyl (C=O) groups is 1. The Morgan fingerprint density at radius 1 is 1.25 bits per heavy atom. The summed E-state index contributed by atoms with van der Waals surface area (Å²) in [5.74, 6) is -0.240. The molecule has 0 radical (unpaired) electrons. The fourth-order valence-electron chi connectivity index (χ4n) is 3.11. The highest BCUT2D eigenvalue weighted by molar-refractivity contribution is 6.32. The van der Waals surface area contributed by atoms with Crippen molar-refractivity contribution in [1.29, 1.82) is 0 Å². The Labute approximate surface area is 166 Å². The molecule has 1 aliphatic rings. The van der Waals surface area contributed by atoms with Crippen LogP contribution in [0.2, 0.25) is 5.02 Å². The van der Waals surface area contributed by atoms with Crippen molar-refractivity contribution in [1.82, 2.24) is 5.32 Å². The highest BCUT2D eigenvalue weighted by Gasteiger charge is 2.18. The minimum atomic E-state index is -0.306. The monoisotopic (exact) mass is 398 g/mol. The van der Waals surface area contributed by atoms with Crippen LogP contribution < -0.4 is 10.9 Å². The standard InChI is InChI=1S/C21H19ClN2O4/c22-17-5-1-2-6-18(17)24-21-16(20(26)23-12-15-4-3-9-27-15)10-13-7-8-14(25)11-19(13)28-21/h1-2,5-8,10-11,15,25H,3-4,9,12H2,(H,23,26)/t15-/m1/s1. The minimum Gasteiger partial charge on any atom is -0.508 e. The van der Waals surface area contributed by atoms with Crippen molar-refractivity contribution in [3.05, 3.63) is 64.7 Å². The Morgan fingerprint density at radius 3 is 2.89 bits per heavy atom. The Balaban J connectivity index is 1.77. The number of rotatable bonds is 4. The number of para-hydroxylation sites is 1. The van der Waals surface area contributed by atoms with Gasteiger partial charge in [0, 0.05) is 24.6 Å². The van der Waals surface area contributed by atoms with Gasteiger partial charge in [-0.05, 0) is 43.2 Å². The summed E-state index contributed by atoms with van der Waals surface area (Å²) >= 11 is 6.20. The molecule has 0 aliphatic carbocycles. The van der Waals surface area contributed by atoms with Gasteiger partial charge < -0.3 is 19.6 Å². The lowest BCUT2D eigenvalue weighted by Crippen LogP contribution is -2.34. The van der Waals surface area contributed by atoms with Gasteiger partial charge >= 0.3 is 0 Å². The lowest BCUT2D eigenvalue weighted by Gasteiger charge is -2.11. The molecule has 1 saturated heterocycles. The number of amides is 1. The number of benzene rings is 2. The largest absolute Gasteiger partial charge is 0.508 e. The fourth-order valence-corrected chi connectivity index (χ4v) is 3.29. The molecule has 4 rings (SSSR count). The molecule has 2 heterocycles. The summed E-state index contributed by atoms with van der Waals surface area (Å²) in [6, 6.07) is 13.4. The Bertz CT molecular complexity index is 1090. The summed E-state index contributed by atoms with van der Waals surface area (Å²) < 4.78 is 11.4. The molecule has 144 valence electrons. The molecule has 3 aromatic rings. The molecule has 1 atom stereocenters. The number of halogens is 1. The lowest BCUT2D eigenvalue weighted by atomic mass is 10.1. The van der Waals surface area contributed by atoms with E-state index < -0.39 is 0 Å². The first-order valence-corrected chi connectivity index (χ1v) is 9.44. The second-order valence-electron chi connectivity index (χ2n) is 6.60. The quantitative estimate of drug-likeness (QED) is 0.697. The molecule has 0 unspecified atom stereocenters. The molecule has 2 aromatic carbocycles. The van der Waals surface area contributed by atoms with Gasteiger partial charge in [-0.15, -0.1) is 0 Å². The number of ether oxygens (including phenoxy) is 1. The van der Waals surface area contributed by atoms with Crippen molar-refractivity contribution in [2.24, 2.45) is 4.99 Å². The van der Waals surface area contributed by atoms with Crippen LogP contribution in [0.15, 0.2) is 57.9 Å². The molecule has 0 bridgehead atoms. The smallest absolute Gasteiger partial charge is 0.256 e. The Morgan fingerprint density at radius 2 is 2.11 bits per heavy atom. The van der Waals surface area contributed by atoms with Crippen LogP contribution in [0.5, 0.6) is 5.75 Å². The first-order valence-electron chi connectivity index (χ1n) is 9.06. The van der Waals surface area contributed by atoms with E-state index in [9.17, 15) is 9.90 Å². The number of carbonyl (C=O) groups excluding carboxylic acids is 1. The molecule has 1 fully saturated rings. The molecule has 6 nitrogen and oxygen atoms in total. The molecule has 7 heteroatoms. The van der Waals surface area contributed by atoms with E-state index >= 15 is 0 Å². The topological polar surface area (TPSA) is 84.1 Å². The molecular formula is C21H19ClN2O4. The van der Waals surface area contributed by atoms with Gasteiger partial charge in [0.05, 0.1) is 16.8 Å². The maximum absolute atomic E-state index is 12.8. The van der Waals surface area contributed by atoms with E-state index in [1.54, 1.807) is 36.4 Å². The van der Waals surface area contributed by atoms with E-state index in [1.807, 2.05) is 0 Å². The van der Waals surface area contributed by atoms with Gasteiger partial charge in [-0.25, -0.2) is 4.99 Å². The lowest BCUT2D eigenvalue weighted by molar-refractivity contribution is 0.0854. The maximum Gasteiger partial charge on any atom is 0.256 e. The summed E-state index contributed by atoms with van der Waals surface area (Å²) in [6.07, 6.45) is 1.96. The van der Waals surface area contributed by atoms with Crippen LogP contribution in [-0.2, 0) is 4.74 Å². The third-order valence-corrected chi connectivity index (χ3v) is 4.89.